The van der Waals surface area contributed by atoms with E-state index in [1.165, 1.54) is 0 Å². The third-order valence-corrected chi connectivity index (χ3v) is 5.91. The Labute approximate surface area is 126 Å². The summed E-state index contributed by atoms with van der Waals surface area (Å²) in [6, 6.07) is 0. The molecule has 1 saturated carbocycles. The van der Waals surface area contributed by atoms with Crippen molar-refractivity contribution in [2.24, 2.45) is 16.2 Å². The van der Waals surface area contributed by atoms with Gasteiger partial charge in [0.1, 0.15) is 0 Å². The first-order valence-corrected chi connectivity index (χ1v) is 7.57. The summed E-state index contributed by atoms with van der Waals surface area (Å²) < 4.78 is 16.5. The highest BCUT2D eigenvalue weighted by Gasteiger charge is 2.74. The Balaban J connectivity index is 2.02. The van der Waals surface area contributed by atoms with Crippen LogP contribution < -0.4 is 0 Å². The summed E-state index contributed by atoms with van der Waals surface area (Å²) >= 11 is 0. The van der Waals surface area contributed by atoms with Gasteiger partial charge in [0.15, 0.2) is 6.79 Å². The Morgan fingerprint density at radius 1 is 1.29 bits per heavy atom. The molecule has 21 heavy (non-hydrogen) atoms. The van der Waals surface area contributed by atoms with Crippen LogP contribution in [0.2, 0.25) is 0 Å². The van der Waals surface area contributed by atoms with Gasteiger partial charge >= 0.3 is 11.9 Å². The normalized spacial score (nSPS) is 33.9. The fourth-order valence-corrected chi connectivity index (χ4v) is 3.06. The molecule has 120 valence electrons. The van der Waals surface area contributed by atoms with E-state index in [0.717, 1.165) is 6.42 Å². The molecule has 0 spiro atoms. The summed E-state index contributed by atoms with van der Waals surface area (Å²) in [6.45, 7) is 11.3. The molecule has 0 N–H and O–H groups in total. The summed E-state index contributed by atoms with van der Waals surface area (Å²) in [6.07, 6.45) is 2.06. The molecule has 0 aromatic heterocycles. The molecule has 2 atom stereocenters. The fourth-order valence-electron chi connectivity index (χ4n) is 3.06. The van der Waals surface area contributed by atoms with Crippen molar-refractivity contribution < 1.29 is 23.8 Å². The molecule has 0 radical (unpaired) electrons. The Bertz CT molecular complexity index is 467. The smallest absolute Gasteiger partial charge is 0.315 e. The average molecular weight is 298 g/mol. The predicted octanol–water partition coefficient (Wildman–Crippen LogP) is 3.02. The summed E-state index contributed by atoms with van der Waals surface area (Å²) in [5.74, 6) is -1.50. The Morgan fingerprint density at radius 2 is 1.90 bits per heavy atom. The van der Waals surface area contributed by atoms with Crippen molar-refractivity contribution in [2.45, 2.75) is 66.6 Å². The third-order valence-electron chi connectivity index (χ3n) is 5.91. The molecule has 0 aromatic rings. The maximum absolute atomic E-state index is 12.1. The molecular weight excluding hydrogens is 272 g/mol. The number of esters is 2. The van der Waals surface area contributed by atoms with Gasteiger partial charge in [-0.15, -0.1) is 0 Å². The summed E-state index contributed by atoms with van der Waals surface area (Å²) in [5, 5.41) is 0. The van der Waals surface area contributed by atoms with Crippen LogP contribution in [0.1, 0.15) is 60.8 Å². The number of carbonyl (C=O) groups excluding carboxylic acids is 2. The predicted molar refractivity (Wildman–Crippen MR) is 76.1 cm³/mol. The van der Waals surface area contributed by atoms with E-state index in [-0.39, 0.29) is 18.7 Å². The van der Waals surface area contributed by atoms with Crippen LogP contribution in [0.25, 0.3) is 0 Å². The van der Waals surface area contributed by atoms with Crippen LogP contribution in [0.15, 0.2) is 0 Å². The Kier molecular flexibility index (Phi) is 3.64. The van der Waals surface area contributed by atoms with Crippen LogP contribution >= 0.6 is 0 Å². The Hall–Kier alpha value is -1.10. The van der Waals surface area contributed by atoms with Gasteiger partial charge in [0.05, 0.1) is 10.8 Å². The van der Waals surface area contributed by atoms with E-state index in [9.17, 15) is 9.59 Å². The van der Waals surface area contributed by atoms with E-state index < -0.39 is 22.0 Å². The SMILES string of the molecule is CCC(C)(C)C(=O)OCOC12CCC(C)(C(=O)O1)C2(C)C. The van der Waals surface area contributed by atoms with E-state index >= 15 is 0 Å². The molecule has 2 rings (SSSR count). The number of hydrogen-bond acceptors (Lipinski definition) is 5. The minimum Gasteiger partial charge on any atom is -0.438 e. The van der Waals surface area contributed by atoms with Gasteiger partial charge in [-0.25, -0.2) is 0 Å². The van der Waals surface area contributed by atoms with Crippen molar-refractivity contribution >= 4 is 11.9 Å². The first-order chi connectivity index (χ1) is 9.52. The van der Waals surface area contributed by atoms with Crippen LogP contribution in [0, 0.1) is 16.2 Å². The molecule has 1 aliphatic heterocycles. The second-order valence-corrected chi connectivity index (χ2v) is 7.53. The highest BCUT2D eigenvalue weighted by molar-refractivity contribution is 5.82. The van der Waals surface area contributed by atoms with Crippen LogP contribution in [-0.2, 0) is 23.8 Å². The van der Waals surface area contributed by atoms with Gasteiger partial charge in [0, 0.05) is 11.8 Å². The molecule has 2 aliphatic rings. The number of fused-ring (bicyclic) bond motifs is 2. The lowest BCUT2D eigenvalue weighted by Gasteiger charge is -2.36. The molecule has 1 saturated heterocycles. The third kappa shape index (κ3) is 2.08. The second kappa shape index (κ2) is 4.70. The largest absolute Gasteiger partial charge is 0.438 e. The molecule has 2 unspecified atom stereocenters. The zero-order chi connectivity index (χ0) is 16.1. The topological polar surface area (TPSA) is 61.8 Å². The number of hydrogen-bond donors (Lipinski definition) is 0. The van der Waals surface area contributed by atoms with E-state index in [2.05, 4.69) is 0 Å². The van der Waals surface area contributed by atoms with E-state index in [1.807, 2.05) is 41.5 Å². The summed E-state index contributed by atoms with van der Waals surface area (Å²) in [5.41, 5.74) is -1.50. The highest BCUT2D eigenvalue weighted by atomic mass is 16.8. The average Bonchev–Trinajstić information content (AvgIpc) is 2.68. The monoisotopic (exact) mass is 298 g/mol. The van der Waals surface area contributed by atoms with E-state index in [4.69, 9.17) is 14.2 Å². The molecule has 5 nitrogen and oxygen atoms in total. The maximum Gasteiger partial charge on any atom is 0.315 e. The zero-order valence-corrected chi connectivity index (χ0v) is 13.9. The van der Waals surface area contributed by atoms with Crippen molar-refractivity contribution in [3.8, 4) is 0 Å². The number of ether oxygens (including phenoxy) is 3. The quantitative estimate of drug-likeness (QED) is 0.576. The van der Waals surface area contributed by atoms with Gasteiger partial charge in [-0.2, -0.15) is 0 Å². The standard InChI is InChI=1S/C16H26O5/c1-7-13(2,3)11(17)19-10-20-16-9-8-15(6,12(18)21-16)14(16,4)5/h7-10H2,1-6H3. The minimum absolute atomic E-state index is 0.185. The van der Waals surface area contributed by atoms with E-state index in [1.54, 1.807) is 0 Å². The molecular formula is C16H26O5. The summed E-state index contributed by atoms with van der Waals surface area (Å²) in [4.78, 5) is 24.0. The lowest BCUT2D eigenvalue weighted by atomic mass is 9.69. The van der Waals surface area contributed by atoms with Gasteiger partial charge in [0.2, 0.25) is 5.79 Å². The van der Waals surface area contributed by atoms with Crippen LogP contribution in [0.5, 0.6) is 0 Å². The lowest BCUT2D eigenvalue weighted by Crippen LogP contribution is -2.44. The van der Waals surface area contributed by atoms with Crippen molar-refractivity contribution in [3.63, 3.8) is 0 Å². The molecule has 5 heteroatoms. The van der Waals surface area contributed by atoms with E-state index in [0.29, 0.717) is 12.8 Å². The van der Waals surface area contributed by atoms with Crippen molar-refractivity contribution in [1.82, 2.24) is 0 Å². The van der Waals surface area contributed by atoms with Crippen molar-refractivity contribution in [2.75, 3.05) is 6.79 Å². The maximum atomic E-state index is 12.1. The van der Waals surface area contributed by atoms with Crippen molar-refractivity contribution in [3.05, 3.63) is 0 Å². The number of rotatable bonds is 5. The first-order valence-electron chi connectivity index (χ1n) is 7.57. The second-order valence-electron chi connectivity index (χ2n) is 7.53. The van der Waals surface area contributed by atoms with Gasteiger partial charge in [-0.05, 0) is 33.6 Å². The molecule has 1 heterocycles. The number of carbonyl (C=O) groups is 2. The lowest BCUT2D eigenvalue weighted by molar-refractivity contribution is -0.274. The van der Waals surface area contributed by atoms with Gasteiger partial charge in [0.25, 0.3) is 0 Å². The Morgan fingerprint density at radius 3 is 2.33 bits per heavy atom. The van der Waals surface area contributed by atoms with Crippen LogP contribution in [0.4, 0.5) is 0 Å². The highest BCUT2D eigenvalue weighted by Crippen LogP contribution is 2.65. The van der Waals surface area contributed by atoms with Gasteiger partial charge in [-0.3, -0.25) is 9.59 Å². The van der Waals surface area contributed by atoms with Crippen molar-refractivity contribution in [1.29, 1.82) is 0 Å². The van der Waals surface area contributed by atoms with Crippen LogP contribution in [0.3, 0.4) is 0 Å². The molecule has 2 fully saturated rings. The zero-order valence-electron chi connectivity index (χ0n) is 13.9. The molecule has 0 aromatic carbocycles. The minimum atomic E-state index is -0.977. The van der Waals surface area contributed by atoms with Gasteiger partial charge < -0.3 is 14.2 Å². The first kappa shape index (κ1) is 16.3. The fraction of sp³-hybridized carbons (Fsp3) is 0.875. The molecule has 0 amide bonds. The summed E-state index contributed by atoms with van der Waals surface area (Å²) in [7, 11) is 0. The van der Waals surface area contributed by atoms with Gasteiger partial charge in [-0.1, -0.05) is 20.8 Å². The molecule has 2 bridgehead atoms. The molecule has 1 aliphatic carbocycles. The van der Waals surface area contributed by atoms with Crippen LogP contribution in [-0.4, -0.2) is 24.5 Å².